The Morgan fingerprint density at radius 1 is 1.12 bits per heavy atom. The number of rotatable bonds is 1. The Labute approximate surface area is 102 Å². The quantitative estimate of drug-likeness (QED) is 0.716. The van der Waals surface area contributed by atoms with Crippen LogP contribution in [0.15, 0.2) is 18.2 Å². The number of halogens is 1. The highest BCUT2D eigenvalue weighted by Gasteiger charge is 2.27. The van der Waals surface area contributed by atoms with Crippen molar-refractivity contribution in [2.45, 2.75) is 38.1 Å². The molecule has 1 aliphatic heterocycles. The van der Waals surface area contributed by atoms with Crippen molar-refractivity contribution in [3.8, 4) is 0 Å². The van der Waals surface area contributed by atoms with Gasteiger partial charge in [-0.15, -0.1) is 0 Å². The van der Waals surface area contributed by atoms with Crippen molar-refractivity contribution >= 4 is 11.6 Å². The van der Waals surface area contributed by atoms with Crippen LogP contribution in [0.4, 0.5) is 0 Å². The van der Waals surface area contributed by atoms with E-state index in [1.807, 2.05) is 6.07 Å². The number of hydrogen-bond acceptors (Lipinski definition) is 1. The predicted molar refractivity (Wildman–Crippen MR) is 67.9 cm³/mol. The molecule has 0 unspecified atom stereocenters. The van der Waals surface area contributed by atoms with Crippen LogP contribution in [0, 0.1) is 0 Å². The molecule has 3 rings (SSSR count). The monoisotopic (exact) mass is 235 g/mol. The summed E-state index contributed by atoms with van der Waals surface area (Å²) in [4.78, 5) is 2.65. The first kappa shape index (κ1) is 10.6. The highest BCUT2D eigenvalue weighted by molar-refractivity contribution is 6.30. The lowest BCUT2D eigenvalue weighted by molar-refractivity contribution is 0.221. The van der Waals surface area contributed by atoms with Gasteiger partial charge in [-0.05, 0) is 68.5 Å². The number of hydrogen-bond donors (Lipinski definition) is 0. The first-order valence-electron chi connectivity index (χ1n) is 6.37. The van der Waals surface area contributed by atoms with Crippen LogP contribution in [0.25, 0.3) is 0 Å². The van der Waals surface area contributed by atoms with Crippen LogP contribution in [0.1, 0.15) is 42.9 Å². The molecule has 2 aliphatic rings. The summed E-state index contributed by atoms with van der Waals surface area (Å²) in [6.07, 6.45) is 6.61. The second-order valence-corrected chi connectivity index (χ2v) is 5.43. The summed E-state index contributed by atoms with van der Waals surface area (Å²) in [6.45, 7) is 2.55. The van der Waals surface area contributed by atoms with Crippen LogP contribution in [0.5, 0.6) is 0 Å². The molecule has 0 N–H and O–H groups in total. The number of fused-ring (bicyclic) bond motifs is 1. The van der Waals surface area contributed by atoms with E-state index < -0.39 is 0 Å². The van der Waals surface area contributed by atoms with Gasteiger partial charge in [0.2, 0.25) is 0 Å². The summed E-state index contributed by atoms with van der Waals surface area (Å²) in [5.74, 6) is 0. The number of aryl methyl sites for hydroxylation is 1. The lowest BCUT2D eigenvalue weighted by Gasteiger charge is -2.33. The van der Waals surface area contributed by atoms with E-state index in [0.717, 1.165) is 5.02 Å². The average Bonchev–Trinajstić information content (AvgIpc) is 2.81. The van der Waals surface area contributed by atoms with Crippen LogP contribution < -0.4 is 0 Å². The van der Waals surface area contributed by atoms with Gasteiger partial charge in [0.05, 0.1) is 0 Å². The maximum absolute atomic E-state index is 6.13. The van der Waals surface area contributed by atoms with Crippen molar-refractivity contribution < 1.29 is 0 Å². The molecule has 1 nitrogen and oxygen atoms in total. The van der Waals surface area contributed by atoms with E-state index in [1.54, 1.807) is 0 Å². The van der Waals surface area contributed by atoms with E-state index in [4.69, 9.17) is 11.6 Å². The van der Waals surface area contributed by atoms with Gasteiger partial charge < -0.3 is 0 Å². The Hall–Kier alpha value is -0.530. The summed E-state index contributed by atoms with van der Waals surface area (Å²) in [5.41, 5.74) is 3.02. The van der Waals surface area contributed by atoms with Gasteiger partial charge in [0, 0.05) is 11.1 Å². The van der Waals surface area contributed by atoms with Gasteiger partial charge in [-0.25, -0.2) is 0 Å². The Kier molecular flexibility index (Phi) is 2.91. The van der Waals surface area contributed by atoms with Gasteiger partial charge in [-0.2, -0.15) is 0 Å². The van der Waals surface area contributed by atoms with Gasteiger partial charge in [0.15, 0.2) is 0 Å². The van der Waals surface area contributed by atoms with E-state index in [-0.39, 0.29) is 0 Å². The average molecular weight is 236 g/mol. The molecule has 0 radical (unpaired) electrons. The second kappa shape index (κ2) is 4.38. The number of nitrogens with zero attached hydrogens (tertiary/aromatic N) is 1. The molecule has 1 aromatic rings. The lowest BCUT2D eigenvalue weighted by atomic mass is 9.87. The fraction of sp³-hybridized carbons (Fsp3) is 0.571. The van der Waals surface area contributed by atoms with E-state index in [9.17, 15) is 0 Å². The minimum Gasteiger partial charge on any atom is -0.296 e. The van der Waals surface area contributed by atoms with Crippen LogP contribution in [0.3, 0.4) is 0 Å². The maximum atomic E-state index is 6.13. The first-order chi connectivity index (χ1) is 7.84. The summed E-state index contributed by atoms with van der Waals surface area (Å²) in [6, 6.07) is 7.09. The van der Waals surface area contributed by atoms with Gasteiger partial charge >= 0.3 is 0 Å². The normalized spacial score (nSPS) is 25.7. The highest BCUT2D eigenvalue weighted by Crippen LogP contribution is 2.37. The molecule has 16 heavy (non-hydrogen) atoms. The molecular formula is C14H18ClN. The molecule has 0 amide bonds. The van der Waals surface area contributed by atoms with Crippen LogP contribution in [-0.2, 0) is 6.42 Å². The van der Waals surface area contributed by atoms with Crippen LogP contribution >= 0.6 is 11.6 Å². The van der Waals surface area contributed by atoms with Crippen molar-refractivity contribution in [3.63, 3.8) is 0 Å². The van der Waals surface area contributed by atoms with E-state index in [1.165, 1.54) is 56.3 Å². The third kappa shape index (κ3) is 1.87. The van der Waals surface area contributed by atoms with Crippen molar-refractivity contribution in [2.24, 2.45) is 0 Å². The van der Waals surface area contributed by atoms with Crippen LogP contribution in [0.2, 0.25) is 5.02 Å². The zero-order valence-electron chi connectivity index (χ0n) is 9.58. The smallest absolute Gasteiger partial charge is 0.0409 e. The zero-order valence-corrected chi connectivity index (χ0v) is 10.3. The minimum atomic E-state index is 0.643. The van der Waals surface area contributed by atoms with E-state index in [2.05, 4.69) is 17.0 Å². The molecule has 2 heteroatoms. The third-order valence-electron chi connectivity index (χ3n) is 3.97. The van der Waals surface area contributed by atoms with Crippen molar-refractivity contribution in [2.75, 3.05) is 13.1 Å². The molecule has 1 saturated heterocycles. The summed E-state index contributed by atoms with van der Waals surface area (Å²) >= 11 is 6.13. The topological polar surface area (TPSA) is 3.24 Å². The highest BCUT2D eigenvalue weighted by atomic mass is 35.5. The molecule has 0 saturated carbocycles. The molecule has 1 fully saturated rings. The summed E-state index contributed by atoms with van der Waals surface area (Å²) in [7, 11) is 0. The van der Waals surface area contributed by atoms with Crippen molar-refractivity contribution in [3.05, 3.63) is 34.3 Å². The maximum Gasteiger partial charge on any atom is 0.0409 e. The zero-order chi connectivity index (χ0) is 11.0. The molecule has 86 valence electrons. The Bertz CT molecular complexity index is 382. The van der Waals surface area contributed by atoms with Gasteiger partial charge in [-0.1, -0.05) is 17.7 Å². The molecule has 1 atom stereocenters. The first-order valence-corrected chi connectivity index (χ1v) is 6.75. The SMILES string of the molecule is Clc1ccc2c(c1)[C@H](N1CCCC1)CCC2. The van der Waals surface area contributed by atoms with Gasteiger partial charge in [-0.3, -0.25) is 4.90 Å². The standard InChI is InChI=1S/C14H18ClN/c15-12-7-6-11-4-3-5-14(13(11)10-12)16-8-1-2-9-16/h6-7,10,14H,1-5,8-9H2/t14-/m1/s1. The number of likely N-dealkylation sites (tertiary alicyclic amines) is 1. The van der Waals surface area contributed by atoms with Crippen molar-refractivity contribution in [1.82, 2.24) is 4.90 Å². The lowest BCUT2D eigenvalue weighted by Crippen LogP contribution is -2.28. The van der Waals surface area contributed by atoms with E-state index >= 15 is 0 Å². The summed E-state index contributed by atoms with van der Waals surface area (Å²) < 4.78 is 0. The molecule has 0 aromatic heterocycles. The largest absolute Gasteiger partial charge is 0.296 e. The summed E-state index contributed by atoms with van der Waals surface area (Å²) in [5, 5.41) is 0.893. The number of benzene rings is 1. The Morgan fingerprint density at radius 3 is 2.75 bits per heavy atom. The third-order valence-corrected chi connectivity index (χ3v) is 4.21. The molecule has 0 spiro atoms. The van der Waals surface area contributed by atoms with Gasteiger partial charge in [0.25, 0.3) is 0 Å². The van der Waals surface area contributed by atoms with Crippen molar-refractivity contribution in [1.29, 1.82) is 0 Å². The second-order valence-electron chi connectivity index (χ2n) is 4.99. The fourth-order valence-electron chi connectivity index (χ4n) is 3.18. The molecule has 1 heterocycles. The molecule has 1 aliphatic carbocycles. The molecular weight excluding hydrogens is 218 g/mol. The minimum absolute atomic E-state index is 0.643. The Balaban J connectivity index is 1.94. The molecule has 0 bridgehead atoms. The van der Waals surface area contributed by atoms with E-state index in [0.29, 0.717) is 6.04 Å². The predicted octanol–water partition coefficient (Wildman–Crippen LogP) is 3.81. The van der Waals surface area contributed by atoms with Crippen LogP contribution in [-0.4, -0.2) is 18.0 Å². The fourth-order valence-corrected chi connectivity index (χ4v) is 3.36. The Morgan fingerprint density at radius 2 is 1.94 bits per heavy atom. The molecule has 1 aromatic carbocycles. The van der Waals surface area contributed by atoms with Gasteiger partial charge in [0.1, 0.15) is 0 Å².